The lowest BCUT2D eigenvalue weighted by Gasteiger charge is -2.38. The molecule has 0 unspecified atom stereocenters. The monoisotopic (exact) mass is 1220 g/mol. The molecule has 0 aliphatic heterocycles. The van der Waals surface area contributed by atoms with Crippen LogP contribution in [-0.2, 0) is 5.21 Å². The number of hydrogen-bond donors (Lipinski definition) is 0. The SMILES string of the molecule is CC(C)c1cc(C(C)C)c(P(c2c(C(C)C)cc(C(C)C)cc2C(C)C)c2c(C(C)C)cc(N([O])c3cc(C(C)C)c(P(c4c(C(C)C)cc(C(C)C)cc4C(C)C)c4c(C(C)C)cc(C(C)C)cc4C(C)C)c(C(C)C)c3)cc2C(C)C)c(C(C)C)c1. The molecule has 481 valence electrons. The van der Waals surface area contributed by atoms with Gasteiger partial charge in [0.25, 0.3) is 0 Å². The second-order valence-electron chi connectivity index (χ2n) is 31.6. The van der Waals surface area contributed by atoms with Crippen LogP contribution in [0.15, 0.2) is 72.8 Å². The maximum Gasteiger partial charge on any atom is 0.0732 e. The van der Waals surface area contributed by atoms with Crippen LogP contribution in [0.2, 0.25) is 0 Å². The van der Waals surface area contributed by atoms with Crippen LogP contribution < -0.4 is 36.9 Å². The van der Waals surface area contributed by atoms with Crippen LogP contribution in [0.5, 0.6) is 0 Å². The molecule has 0 aliphatic carbocycles. The highest BCUT2D eigenvalue weighted by Crippen LogP contribution is 2.52. The molecule has 0 aromatic heterocycles. The number of nitrogens with zero attached hydrogens (tertiary/aromatic N) is 1. The third-order valence-electron chi connectivity index (χ3n) is 19.0. The quantitative estimate of drug-likeness (QED) is 0.0438. The highest BCUT2D eigenvalue weighted by atomic mass is 31.1. The Morgan fingerprint density at radius 3 is 0.409 bits per heavy atom. The van der Waals surface area contributed by atoms with Crippen LogP contribution in [0.4, 0.5) is 11.4 Å². The molecule has 88 heavy (non-hydrogen) atoms. The van der Waals surface area contributed by atoms with Crippen molar-refractivity contribution in [1.29, 1.82) is 0 Å². The fraction of sp³-hybridized carbons (Fsp3) is 0.571. The van der Waals surface area contributed by atoms with E-state index in [0.717, 1.165) is 11.4 Å². The maximum absolute atomic E-state index is 16.5. The Morgan fingerprint density at radius 1 is 0.193 bits per heavy atom. The molecule has 6 aromatic carbocycles. The summed E-state index contributed by atoms with van der Waals surface area (Å²) in [6.07, 6.45) is 0. The first-order valence-electron chi connectivity index (χ1n) is 35.0. The first kappa shape index (κ1) is 73.0. The molecule has 6 rings (SSSR count). The van der Waals surface area contributed by atoms with Gasteiger partial charge in [-0.15, -0.1) is 0 Å². The van der Waals surface area contributed by atoms with Crippen LogP contribution in [0.25, 0.3) is 0 Å². The van der Waals surface area contributed by atoms with Gasteiger partial charge in [0.1, 0.15) is 0 Å². The van der Waals surface area contributed by atoms with Gasteiger partial charge in [-0.3, -0.25) is 0 Å². The molecular formula is C84H124NOP2. The molecule has 0 spiro atoms. The van der Waals surface area contributed by atoms with Gasteiger partial charge in [-0.1, -0.05) is 275 Å². The smallest absolute Gasteiger partial charge is 0.0732 e. The van der Waals surface area contributed by atoms with Crippen LogP contribution in [0.3, 0.4) is 0 Å². The van der Waals surface area contributed by atoms with E-state index >= 15 is 5.21 Å². The maximum atomic E-state index is 16.5. The summed E-state index contributed by atoms with van der Waals surface area (Å²) < 4.78 is 0. The van der Waals surface area contributed by atoms with E-state index in [4.69, 9.17) is 0 Å². The Hall–Kier alpha value is -4.06. The van der Waals surface area contributed by atoms with Crippen molar-refractivity contribution in [1.82, 2.24) is 0 Å². The topological polar surface area (TPSA) is 23.1 Å². The third kappa shape index (κ3) is 15.2. The minimum absolute atomic E-state index is 0.147. The van der Waals surface area contributed by atoms with Crippen molar-refractivity contribution in [2.75, 3.05) is 5.06 Å². The predicted molar refractivity (Wildman–Crippen MR) is 399 cm³/mol. The molecular weight excluding hydrogens is 1100 g/mol. The average Bonchev–Trinajstić information content (AvgIpc) is 3.43. The molecule has 0 fully saturated rings. The van der Waals surface area contributed by atoms with Gasteiger partial charge in [-0.25, -0.2) is 0 Å². The van der Waals surface area contributed by atoms with Crippen LogP contribution in [0.1, 0.15) is 405 Å². The van der Waals surface area contributed by atoms with Crippen molar-refractivity contribution < 1.29 is 5.21 Å². The van der Waals surface area contributed by atoms with Gasteiger partial charge >= 0.3 is 0 Å². The first-order chi connectivity index (χ1) is 40.9. The molecule has 0 atom stereocenters. The van der Waals surface area contributed by atoms with Crippen molar-refractivity contribution in [3.05, 3.63) is 162 Å². The molecule has 0 bridgehead atoms. The van der Waals surface area contributed by atoms with Gasteiger partial charge in [0.2, 0.25) is 0 Å². The predicted octanol–water partition coefficient (Wildman–Crippen LogP) is 24.7. The summed E-state index contributed by atoms with van der Waals surface area (Å²) in [7, 11) is -2.32. The normalized spacial score (nSPS) is 12.9. The van der Waals surface area contributed by atoms with E-state index in [0.29, 0.717) is 71.0 Å². The van der Waals surface area contributed by atoms with Crippen molar-refractivity contribution in [3.8, 4) is 0 Å². The second-order valence-corrected chi connectivity index (χ2v) is 35.6. The fourth-order valence-electron chi connectivity index (χ4n) is 13.4. The van der Waals surface area contributed by atoms with Gasteiger partial charge in [-0.2, -0.15) is 5.06 Å². The minimum atomic E-state index is -1.16. The molecule has 0 aliphatic rings. The molecule has 0 heterocycles. The zero-order valence-electron chi connectivity index (χ0n) is 61.9. The van der Waals surface area contributed by atoms with E-state index in [2.05, 4.69) is 294 Å². The highest BCUT2D eigenvalue weighted by Gasteiger charge is 2.39. The highest BCUT2D eigenvalue weighted by molar-refractivity contribution is 7.81. The fourth-order valence-corrected chi connectivity index (χ4v) is 21.7. The van der Waals surface area contributed by atoms with Crippen LogP contribution in [0, 0.1) is 0 Å². The van der Waals surface area contributed by atoms with E-state index in [9.17, 15) is 0 Å². The summed E-state index contributed by atoms with van der Waals surface area (Å²) in [6, 6.07) is 30.2. The number of anilines is 2. The van der Waals surface area contributed by atoms with Crippen LogP contribution >= 0.6 is 15.8 Å². The Balaban J connectivity index is 1.86. The lowest BCUT2D eigenvalue weighted by molar-refractivity contribution is 0.196. The molecule has 0 N–H and O–H groups in total. The van der Waals surface area contributed by atoms with E-state index < -0.39 is 15.8 Å². The molecule has 0 saturated heterocycles. The van der Waals surface area contributed by atoms with E-state index in [1.54, 1.807) is 0 Å². The average molecular weight is 1230 g/mol. The van der Waals surface area contributed by atoms with E-state index in [1.165, 1.54) is 126 Å². The number of hydrogen-bond acceptors (Lipinski definition) is 1. The lowest BCUT2D eigenvalue weighted by Crippen LogP contribution is -2.36. The van der Waals surface area contributed by atoms with Crippen molar-refractivity contribution in [2.45, 2.75) is 316 Å². The Bertz CT molecular complexity index is 2820. The molecule has 4 heteroatoms. The van der Waals surface area contributed by atoms with Gasteiger partial charge < -0.3 is 0 Å². The van der Waals surface area contributed by atoms with E-state index in [-0.39, 0.29) is 23.7 Å². The molecule has 2 nitrogen and oxygen atoms in total. The largest absolute Gasteiger partial charge is 0.188 e. The first-order valence-corrected chi connectivity index (χ1v) is 37.7. The number of benzene rings is 6. The van der Waals surface area contributed by atoms with E-state index in [1.807, 2.05) is 0 Å². The van der Waals surface area contributed by atoms with Gasteiger partial charge in [0.15, 0.2) is 0 Å². The molecule has 6 aromatic rings. The summed E-state index contributed by atoms with van der Waals surface area (Å²) in [5, 5.41) is 26.9. The zero-order valence-corrected chi connectivity index (χ0v) is 63.7. The van der Waals surface area contributed by atoms with Gasteiger partial charge in [0.05, 0.1) is 11.4 Å². The van der Waals surface area contributed by atoms with Crippen molar-refractivity contribution in [3.63, 3.8) is 0 Å². The van der Waals surface area contributed by atoms with Gasteiger partial charge in [0, 0.05) is 0 Å². The Morgan fingerprint density at radius 2 is 0.307 bits per heavy atom. The van der Waals surface area contributed by atoms with Crippen molar-refractivity contribution >= 4 is 59.0 Å². The third-order valence-corrected chi connectivity index (χ3v) is 24.8. The minimum Gasteiger partial charge on any atom is -0.188 e. The van der Waals surface area contributed by atoms with Gasteiger partial charge in [-0.05, 0) is 256 Å². The summed E-state index contributed by atoms with van der Waals surface area (Å²) >= 11 is 0. The second kappa shape index (κ2) is 29.7. The molecule has 0 saturated carbocycles. The van der Waals surface area contributed by atoms with Crippen LogP contribution in [-0.4, -0.2) is 0 Å². The lowest BCUT2D eigenvalue weighted by atomic mass is 9.89. The number of rotatable bonds is 24. The summed E-state index contributed by atoms with van der Waals surface area (Å²) in [5.41, 5.74) is 24.2. The molecule has 1 radical (unpaired) electrons. The zero-order chi connectivity index (χ0) is 66.3. The Labute approximate surface area is 544 Å². The molecule has 0 amide bonds. The summed E-state index contributed by atoms with van der Waals surface area (Å²) in [4.78, 5) is 0. The van der Waals surface area contributed by atoms with Crippen molar-refractivity contribution in [2.24, 2.45) is 0 Å². The standard InChI is InChI=1S/C84H124NOP2/c1-45(2)61-33-67(49(9)10)79(68(34-61)50(11)12)87(80-69(51(13)14)35-62(46(3)4)36-70(80)52(15)16)83-75(57(25)26)41-65(42-76(83)58(27)28)85(86)66-43-77(59(29)30)84(78(44-66)60(31)32)88(81-71(53(17)18)37-63(47(5)6)38-72(81)54(19)20)82-73(55(21)22)39-64(48(7)8)40-74(82)56(23)24/h33-60H,1-32H3. The summed E-state index contributed by atoms with van der Waals surface area (Å²) in [5.74, 6) is 4.72. The Kier molecular flexibility index (Phi) is 24.6. The summed E-state index contributed by atoms with van der Waals surface area (Å²) in [6.45, 7) is 76.8.